The first-order valence-corrected chi connectivity index (χ1v) is 8.92. The van der Waals surface area contributed by atoms with E-state index in [9.17, 15) is 14.7 Å². The lowest BCUT2D eigenvalue weighted by Gasteiger charge is -2.23. The molecule has 2 aromatic rings. The van der Waals surface area contributed by atoms with E-state index in [1.165, 1.54) is 11.3 Å². The highest BCUT2D eigenvalue weighted by atomic mass is 32.1. The highest BCUT2D eigenvalue weighted by molar-refractivity contribution is 7.13. The molecule has 6 nitrogen and oxygen atoms in total. The fraction of sp³-hybridized carbons (Fsp3) is 0.471. The number of fused-ring (bicyclic) bond motifs is 1. The summed E-state index contributed by atoms with van der Waals surface area (Å²) < 4.78 is 5.54. The number of thiazole rings is 1. The Hall–Kier alpha value is -2.15. The number of aliphatic carboxylic acids is 1. The van der Waals surface area contributed by atoms with Crippen molar-refractivity contribution >= 4 is 23.2 Å². The van der Waals surface area contributed by atoms with E-state index in [1.54, 1.807) is 10.3 Å². The first-order valence-electron chi connectivity index (χ1n) is 8.04. The van der Waals surface area contributed by atoms with Crippen LogP contribution < -0.4 is 0 Å². The van der Waals surface area contributed by atoms with E-state index in [2.05, 4.69) is 4.98 Å². The van der Waals surface area contributed by atoms with E-state index >= 15 is 0 Å². The van der Waals surface area contributed by atoms with Crippen LogP contribution in [0.5, 0.6) is 0 Å². The number of nitrogens with zero attached hydrogens (tertiary/aromatic N) is 2. The van der Waals surface area contributed by atoms with E-state index in [0.717, 1.165) is 18.6 Å². The lowest BCUT2D eigenvalue weighted by molar-refractivity contribution is -0.149. The minimum absolute atomic E-state index is 0.0600. The summed E-state index contributed by atoms with van der Waals surface area (Å²) in [7, 11) is 0. The van der Waals surface area contributed by atoms with Crippen molar-refractivity contribution in [3.63, 3.8) is 0 Å². The molecule has 0 radical (unpaired) electrons. The van der Waals surface area contributed by atoms with Crippen LogP contribution in [0.3, 0.4) is 0 Å². The van der Waals surface area contributed by atoms with Gasteiger partial charge in [0.2, 0.25) is 0 Å². The molecule has 3 heterocycles. The van der Waals surface area contributed by atoms with Crippen LogP contribution in [-0.4, -0.2) is 40.0 Å². The minimum Gasteiger partial charge on any atom is -0.481 e. The molecular formula is C17H18N2O4S. The van der Waals surface area contributed by atoms with Gasteiger partial charge in [0, 0.05) is 18.5 Å². The second-order valence-corrected chi connectivity index (χ2v) is 7.54. The van der Waals surface area contributed by atoms with Crippen molar-refractivity contribution in [2.75, 3.05) is 13.1 Å². The Morgan fingerprint density at radius 3 is 2.96 bits per heavy atom. The van der Waals surface area contributed by atoms with Crippen molar-refractivity contribution in [2.45, 2.75) is 26.2 Å². The van der Waals surface area contributed by atoms with Crippen LogP contribution in [-0.2, 0) is 4.79 Å². The molecule has 4 rings (SSSR count). The molecule has 0 unspecified atom stereocenters. The van der Waals surface area contributed by atoms with Crippen LogP contribution in [0.4, 0.5) is 0 Å². The molecule has 1 aliphatic carbocycles. The zero-order valence-electron chi connectivity index (χ0n) is 13.3. The molecule has 1 aliphatic heterocycles. The summed E-state index contributed by atoms with van der Waals surface area (Å²) in [6.07, 6.45) is 2.46. The molecule has 0 spiro atoms. The Kier molecular flexibility index (Phi) is 3.49. The van der Waals surface area contributed by atoms with Gasteiger partial charge in [0.15, 0.2) is 10.8 Å². The first-order chi connectivity index (χ1) is 11.5. The zero-order valence-corrected chi connectivity index (χ0v) is 14.1. The van der Waals surface area contributed by atoms with E-state index in [4.69, 9.17) is 4.42 Å². The second kappa shape index (κ2) is 5.44. The molecule has 2 aliphatic rings. The van der Waals surface area contributed by atoms with Gasteiger partial charge in [-0.2, -0.15) is 0 Å². The number of carbonyl (C=O) groups is 2. The largest absolute Gasteiger partial charge is 0.481 e. The van der Waals surface area contributed by atoms with Crippen molar-refractivity contribution in [1.82, 2.24) is 9.88 Å². The topological polar surface area (TPSA) is 83.6 Å². The smallest absolute Gasteiger partial charge is 0.311 e. The first kappa shape index (κ1) is 15.4. The maximum absolute atomic E-state index is 12.7. The number of carbonyl (C=O) groups excluding carboxylic acids is 1. The quantitative estimate of drug-likeness (QED) is 0.923. The van der Waals surface area contributed by atoms with Gasteiger partial charge in [-0.15, -0.1) is 11.3 Å². The third kappa shape index (κ3) is 2.26. The second-order valence-electron chi connectivity index (χ2n) is 6.68. The predicted octanol–water partition coefficient (Wildman–Crippen LogP) is 3.04. The summed E-state index contributed by atoms with van der Waals surface area (Å²) >= 11 is 1.36. The third-order valence-electron chi connectivity index (χ3n) is 5.26. The van der Waals surface area contributed by atoms with Gasteiger partial charge in [-0.3, -0.25) is 9.59 Å². The summed E-state index contributed by atoms with van der Waals surface area (Å²) in [6.45, 7) is 2.66. The Labute approximate surface area is 143 Å². The van der Waals surface area contributed by atoms with Gasteiger partial charge in [-0.1, -0.05) is 6.42 Å². The van der Waals surface area contributed by atoms with Crippen molar-refractivity contribution in [3.8, 4) is 10.8 Å². The van der Waals surface area contributed by atoms with Crippen LogP contribution in [0, 0.1) is 18.3 Å². The van der Waals surface area contributed by atoms with Gasteiger partial charge in [0.1, 0.15) is 11.5 Å². The lowest BCUT2D eigenvalue weighted by atomic mass is 9.81. The zero-order chi connectivity index (χ0) is 16.9. The molecule has 7 heteroatoms. The number of rotatable bonds is 3. The molecule has 1 N–H and O–H groups in total. The number of amides is 1. The number of aryl methyl sites for hydroxylation is 1. The lowest BCUT2D eigenvalue weighted by Crippen LogP contribution is -2.37. The molecule has 0 bridgehead atoms. The number of likely N-dealkylation sites (tertiary alicyclic amines) is 1. The maximum atomic E-state index is 12.7. The van der Waals surface area contributed by atoms with Gasteiger partial charge < -0.3 is 14.4 Å². The molecule has 1 saturated carbocycles. The molecule has 2 aromatic heterocycles. The van der Waals surface area contributed by atoms with E-state index in [-0.39, 0.29) is 11.8 Å². The highest BCUT2D eigenvalue weighted by Gasteiger charge is 2.56. The van der Waals surface area contributed by atoms with E-state index in [0.29, 0.717) is 36.0 Å². The number of furan rings is 1. The standard InChI is InChI=1S/C17H18N2O4S/c1-10-4-5-13(23-10)14-18-12(8-24-14)15(20)19-7-11-3-2-6-17(11,9-19)16(21)22/h4-5,8,11H,2-3,6-7,9H2,1H3,(H,21,22)/t11-,17+/m0/s1. The molecule has 126 valence electrons. The van der Waals surface area contributed by atoms with Gasteiger partial charge in [-0.25, -0.2) is 4.98 Å². The van der Waals surface area contributed by atoms with Crippen molar-refractivity contribution < 1.29 is 19.1 Å². The predicted molar refractivity (Wildman–Crippen MR) is 87.9 cm³/mol. The average molecular weight is 346 g/mol. The van der Waals surface area contributed by atoms with Crippen LogP contribution in [0.15, 0.2) is 21.9 Å². The number of carboxylic acids is 1. The molecule has 1 saturated heterocycles. The Morgan fingerprint density at radius 2 is 2.29 bits per heavy atom. The minimum atomic E-state index is -0.773. The molecule has 24 heavy (non-hydrogen) atoms. The fourth-order valence-corrected chi connectivity index (χ4v) is 4.74. The summed E-state index contributed by atoms with van der Waals surface area (Å²) in [5.74, 6) is 0.548. The van der Waals surface area contributed by atoms with Gasteiger partial charge >= 0.3 is 5.97 Å². The number of hydrogen-bond acceptors (Lipinski definition) is 5. The van der Waals surface area contributed by atoms with E-state index < -0.39 is 11.4 Å². The van der Waals surface area contributed by atoms with Crippen molar-refractivity contribution in [1.29, 1.82) is 0 Å². The fourth-order valence-electron chi connectivity index (χ4n) is 3.99. The Balaban J connectivity index is 1.55. The van der Waals surface area contributed by atoms with E-state index in [1.807, 2.05) is 19.1 Å². The summed E-state index contributed by atoms with van der Waals surface area (Å²) in [5.41, 5.74) is -0.392. The maximum Gasteiger partial charge on any atom is 0.311 e. The van der Waals surface area contributed by atoms with Crippen molar-refractivity contribution in [3.05, 3.63) is 29.0 Å². The number of hydrogen-bond donors (Lipinski definition) is 1. The highest BCUT2D eigenvalue weighted by Crippen LogP contribution is 2.49. The van der Waals surface area contributed by atoms with Crippen LogP contribution in [0.25, 0.3) is 10.8 Å². The third-order valence-corrected chi connectivity index (χ3v) is 6.12. The number of carboxylic acid groups (broad SMARTS) is 1. The summed E-state index contributed by atoms with van der Waals surface area (Å²) in [6, 6.07) is 3.69. The molecule has 0 aromatic carbocycles. The molecular weight excluding hydrogens is 328 g/mol. The SMILES string of the molecule is Cc1ccc(-c2nc(C(=O)N3C[C@@H]4CCC[C@@]4(C(=O)O)C3)cs2)o1. The van der Waals surface area contributed by atoms with Gasteiger partial charge in [0.25, 0.3) is 5.91 Å². The normalized spacial score (nSPS) is 25.9. The molecule has 2 atom stereocenters. The summed E-state index contributed by atoms with van der Waals surface area (Å²) in [4.78, 5) is 30.5. The van der Waals surface area contributed by atoms with Gasteiger partial charge in [-0.05, 0) is 37.8 Å². The Morgan fingerprint density at radius 1 is 1.46 bits per heavy atom. The van der Waals surface area contributed by atoms with Crippen LogP contribution in [0.1, 0.15) is 35.5 Å². The number of aromatic nitrogens is 1. The monoisotopic (exact) mass is 346 g/mol. The summed E-state index contributed by atoms with van der Waals surface area (Å²) in [5, 5.41) is 12.0. The molecule has 1 amide bonds. The van der Waals surface area contributed by atoms with Crippen LogP contribution in [0.2, 0.25) is 0 Å². The van der Waals surface area contributed by atoms with Crippen LogP contribution >= 0.6 is 11.3 Å². The molecule has 2 fully saturated rings. The van der Waals surface area contributed by atoms with Gasteiger partial charge in [0.05, 0.1) is 5.41 Å². The Bertz CT molecular complexity index is 811. The van der Waals surface area contributed by atoms with Crippen molar-refractivity contribution in [2.24, 2.45) is 11.3 Å². The average Bonchev–Trinajstić information content (AvgIpc) is 3.28.